The number of nitrogens with zero attached hydrogens (tertiary/aromatic N) is 2. The zero-order chi connectivity index (χ0) is 26.0. The van der Waals surface area contributed by atoms with Crippen molar-refractivity contribution in [3.8, 4) is 0 Å². The Morgan fingerprint density at radius 3 is 1.13 bits per heavy atom. The van der Waals surface area contributed by atoms with Gasteiger partial charge in [0.1, 0.15) is 0 Å². The highest BCUT2D eigenvalue weighted by Gasteiger charge is 2.21. The first kappa shape index (κ1) is 22.9. The van der Waals surface area contributed by atoms with Gasteiger partial charge in [0, 0.05) is 34.9 Å². The molecule has 7 rings (SSSR count). The molecule has 0 aliphatic carbocycles. The molecule has 0 bridgehead atoms. The van der Waals surface area contributed by atoms with E-state index in [4.69, 9.17) is 4.42 Å². The molecule has 0 spiro atoms. The molecule has 0 saturated heterocycles. The first-order valence-electron chi connectivity index (χ1n) is 13.1. The van der Waals surface area contributed by atoms with Gasteiger partial charge in [-0.2, -0.15) is 0 Å². The van der Waals surface area contributed by atoms with Gasteiger partial charge in [-0.3, -0.25) is 9.80 Å². The molecule has 3 heteroatoms. The zero-order valence-corrected chi connectivity index (χ0v) is 21.3. The second-order valence-corrected chi connectivity index (χ2v) is 9.52. The lowest BCUT2D eigenvalue weighted by Crippen LogP contribution is -2.10. The summed E-state index contributed by atoms with van der Waals surface area (Å²) in [4.78, 5) is 4.33. The predicted molar refractivity (Wildman–Crippen MR) is 163 cm³/mol. The van der Waals surface area contributed by atoms with Gasteiger partial charge in [-0.05, 0) is 70.1 Å². The van der Waals surface area contributed by atoms with Crippen LogP contribution >= 0.6 is 0 Å². The summed E-state index contributed by atoms with van der Waals surface area (Å²) in [6, 6.07) is 54.7. The molecule has 186 valence electrons. The molecule has 1 heterocycles. The lowest BCUT2D eigenvalue weighted by Gasteiger charge is -2.25. The minimum absolute atomic E-state index is 0.744. The predicted octanol–water partition coefficient (Wildman–Crippen LogP) is 10.5. The number of rotatable bonds is 6. The Morgan fingerprint density at radius 2 is 0.692 bits per heavy atom. The SMILES string of the molecule is c1ccc(N(c2ccc3ccccc3c2)c2ccc(N(c3ccccc3)c3ccc4ccccc4c3)o2)cc1. The number of fused-ring (bicyclic) bond motifs is 2. The summed E-state index contributed by atoms with van der Waals surface area (Å²) in [7, 11) is 0. The third kappa shape index (κ3) is 4.41. The smallest absolute Gasteiger partial charge is 0.207 e. The Bertz CT molecular complexity index is 1740. The third-order valence-corrected chi connectivity index (χ3v) is 7.03. The van der Waals surface area contributed by atoms with Crippen LogP contribution in [0.2, 0.25) is 0 Å². The molecule has 0 saturated carbocycles. The monoisotopic (exact) mass is 502 g/mol. The molecule has 7 aromatic rings. The van der Waals surface area contributed by atoms with Gasteiger partial charge >= 0.3 is 0 Å². The van der Waals surface area contributed by atoms with Crippen molar-refractivity contribution in [2.24, 2.45) is 0 Å². The number of hydrogen-bond donors (Lipinski definition) is 0. The van der Waals surface area contributed by atoms with Gasteiger partial charge in [-0.15, -0.1) is 0 Å². The van der Waals surface area contributed by atoms with E-state index in [1.54, 1.807) is 0 Å². The Balaban J connectivity index is 1.36. The van der Waals surface area contributed by atoms with E-state index in [1.807, 2.05) is 12.1 Å². The standard InChI is InChI=1S/C36H26N2O/c1-3-15-31(16-4-1)37(33-21-19-27-11-7-9-13-29(27)25-33)35-23-24-36(39-35)38(32-17-5-2-6-18-32)34-22-20-28-12-8-10-14-30(28)26-34/h1-26H. The van der Waals surface area contributed by atoms with Crippen LogP contribution < -0.4 is 9.80 Å². The van der Waals surface area contributed by atoms with Crippen molar-refractivity contribution in [2.45, 2.75) is 0 Å². The highest BCUT2D eigenvalue weighted by molar-refractivity contribution is 5.90. The van der Waals surface area contributed by atoms with Crippen LogP contribution in [0.25, 0.3) is 21.5 Å². The van der Waals surface area contributed by atoms with Crippen molar-refractivity contribution in [3.05, 3.63) is 158 Å². The van der Waals surface area contributed by atoms with Crippen LogP contribution in [0.15, 0.2) is 162 Å². The highest BCUT2D eigenvalue weighted by Crippen LogP contribution is 2.42. The van der Waals surface area contributed by atoms with Gasteiger partial charge in [0.05, 0.1) is 0 Å². The van der Waals surface area contributed by atoms with Crippen molar-refractivity contribution >= 4 is 56.1 Å². The number of furan rings is 1. The van der Waals surface area contributed by atoms with Gasteiger partial charge in [-0.25, -0.2) is 0 Å². The zero-order valence-electron chi connectivity index (χ0n) is 21.3. The highest BCUT2D eigenvalue weighted by atomic mass is 16.4. The van der Waals surface area contributed by atoms with Gasteiger partial charge in [0.15, 0.2) is 0 Å². The fourth-order valence-corrected chi connectivity index (χ4v) is 5.15. The fourth-order valence-electron chi connectivity index (χ4n) is 5.15. The quantitative estimate of drug-likeness (QED) is 0.225. The normalized spacial score (nSPS) is 11.1. The van der Waals surface area contributed by atoms with E-state index < -0.39 is 0 Å². The Morgan fingerprint density at radius 1 is 0.308 bits per heavy atom. The maximum atomic E-state index is 6.70. The van der Waals surface area contributed by atoms with Crippen LogP contribution in [-0.2, 0) is 0 Å². The Kier molecular flexibility index (Phi) is 5.80. The minimum atomic E-state index is 0.744. The molecule has 3 nitrogen and oxygen atoms in total. The second kappa shape index (κ2) is 9.88. The van der Waals surface area contributed by atoms with E-state index >= 15 is 0 Å². The van der Waals surface area contributed by atoms with Crippen LogP contribution in [0.5, 0.6) is 0 Å². The maximum Gasteiger partial charge on any atom is 0.207 e. The molecule has 1 aromatic heterocycles. The lowest BCUT2D eigenvalue weighted by molar-refractivity contribution is 0.580. The molecular formula is C36H26N2O. The van der Waals surface area contributed by atoms with Crippen molar-refractivity contribution in [2.75, 3.05) is 9.80 Å². The number of hydrogen-bond acceptors (Lipinski definition) is 3. The Labute approximate surface area is 227 Å². The van der Waals surface area contributed by atoms with Crippen LogP contribution in [0, 0.1) is 0 Å². The average molecular weight is 503 g/mol. The molecule has 6 aromatic carbocycles. The average Bonchev–Trinajstić information content (AvgIpc) is 3.47. The van der Waals surface area contributed by atoms with Crippen LogP contribution in [0.3, 0.4) is 0 Å². The molecule has 39 heavy (non-hydrogen) atoms. The summed E-state index contributed by atoms with van der Waals surface area (Å²) in [5.41, 5.74) is 4.15. The molecule has 0 aliphatic rings. The van der Waals surface area contributed by atoms with Crippen molar-refractivity contribution < 1.29 is 4.42 Å². The van der Waals surface area contributed by atoms with Gasteiger partial charge in [-0.1, -0.05) is 97.1 Å². The summed E-state index contributed by atoms with van der Waals surface area (Å²) in [5.74, 6) is 1.49. The van der Waals surface area contributed by atoms with Crippen LogP contribution in [-0.4, -0.2) is 0 Å². The van der Waals surface area contributed by atoms with Crippen LogP contribution in [0.1, 0.15) is 0 Å². The van der Waals surface area contributed by atoms with E-state index in [1.165, 1.54) is 21.5 Å². The first-order valence-corrected chi connectivity index (χ1v) is 13.1. The fraction of sp³-hybridized carbons (Fsp3) is 0. The minimum Gasteiger partial charge on any atom is -0.424 e. The number of benzene rings is 6. The summed E-state index contributed by atoms with van der Waals surface area (Å²) in [5, 5.41) is 4.79. The summed E-state index contributed by atoms with van der Waals surface area (Å²) < 4.78 is 6.70. The third-order valence-electron chi connectivity index (χ3n) is 7.03. The van der Waals surface area contributed by atoms with Crippen molar-refractivity contribution in [3.63, 3.8) is 0 Å². The largest absolute Gasteiger partial charge is 0.424 e. The summed E-state index contributed by atoms with van der Waals surface area (Å²) in [6.45, 7) is 0. The molecular weight excluding hydrogens is 476 g/mol. The second-order valence-electron chi connectivity index (χ2n) is 9.52. The van der Waals surface area contributed by atoms with E-state index in [9.17, 15) is 0 Å². The van der Waals surface area contributed by atoms with Crippen LogP contribution in [0.4, 0.5) is 34.5 Å². The molecule has 0 fully saturated rings. The van der Waals surface area contributed by atoms with E-state index in [0.717, 1.165) is 34.5 Å². The molecule has 0 atom stereocenters. The van der Waals surface area contributed by atoms with Gasteiger partial charge in [0.2, 0.25) is 11.8 Å². The molecule has 0 N–H and O–H groups in total. The Hall–Kier alpha value is -5.28. The molecule has 0 amide bonds. The summed E-state index contributed by atoms with van der Waals surface area (Å²) >= 11 is 0. The number of anilines is 6. The van der Waals surface area contributed by atoms with Crippen molar-refractivity contribution in [1.29, 1.82) is 0 Å². The van der Waals surface area contributed by atoms with Gasteiger partial charge < -0.3 is 4.42 Å². The molecule has 0 unspecified atom stereocenters. The topological polar surface area (TPSA) is 19.6 Å². The first-order chi connectivity index (χ1) is 19.3. The van der Waals surface area contributed by atoms with Gasteiger partial charge in [0.25, 0.3) is 0 Å². The molecule has 0 aliphatic heterocycles. The van der Waals surface area contributed by atoms with E-state index in [2.05, 4.69) is 155 Å². The lowest BCUT2D eigenvalue weighted by atomic mass is 10.1. The van der Waals surface area contributed by atoms with E-state index in [0.29, 0.717) is 0 Å². The van der Waals surface area contributed by atoms with Crippen molar-refractivity contribution in [1.82, 2.24) is 0 Å². The summed E-state index contributed by atoms with van der Waals surface area (Å²) in [6.07, 6.45) is 0. The number of para-hydroxylation sites is 2. The van der Waals surface area contributed by atoms with E-state index in [-0.39, 0.29) is 0 Å². The maximum absolute atomic E-state index is 6.70. The molecule has 0 radical (unpaired) electrons.